The third-order valence-corrected chi connectivity index (χ3v) is 3.47. The summed E-state index contributed by atoms with van der Waals surface area (Å²) < 4.78 is 11.5. The highest BCUT2D eigenvalue weighted by Gasteiger charge is 2.03. The lowest BCUT2D eigenvalue weighted by Crippen LogP contribution is -2.01. The van der Waals surface area contributed by atoms with Gasteiger partial charge in [-0.25, -0.2) is 0 Å². The van der Waals surface area contributed by atoms with Crippen LogP contribution >= 0.6 is 15.9 Å². The monoisotopic (exact) mass is 335 g/mol. The van der Waals surface area contributed by atoms with Gasteiger partial charge in [-0.15, -0.1) is 0 Å². The molecule has 0 radical (unpaired) electrons. The SMILES string of the molecule is COCc1ccc(CNc2cc(Br)ccc2OC)cc1. The molecule has 0 amide bonds. The lowest BCUT2D eigenvalue weighted by molar-refractivity contribution is 0.185. The second-order valence-corrected chi connectivity index (χ2v) is 5.36. The lowest BCUT2D eigenvalue weighted by Gasteiger charge is -2.12. The average molecular weight is 336 g/mol. The van der Waals surface area contributed by atoms with Crippen molar-refractivity contribution in [3.8, 4) is 5.75 Å². The van der Waals surface area contributed by atoms with Crippen LogP contribution in [-0.4, -0.2) is 14.2 Å². The van der Waals surface area contributed by atoms with Crippen LogP contribution in [-0.2, 0) is 17.9 Å². The van der Waals surface area contributed by atoms with E-state index in [-0.39, 0.29) is 0 Å². The standard InChI is InChI=1S/C16H18BrNO2/c1-19-11-13-5-3-12(4-6-13)10-18-15-9-14(17)7-8-16(15)20-2/h3-9,18H,10-11H2,1-2H3. The topological polar surface area (TPSA) is 30.5 Å². The number of rotatable bonds is 6. The molecular formula is C16H18BrNO2. The van der Waals surface area contributed by atoms with Crippen molar-refractivity contribution in [3.63, 3.8) is 0 Å². The van der Waals surface area contributed by atoms with Gasteiger partial charge in [-0.3, -0.25) is 0 Å². The van der Waals surface area contributed by atoms with Gasteiger partial charge in [0, 0.05) is 18.1 Å². The Labute approximate surface area is 128 Å². The molecule has 2 aromatic carbocycles. The Balaban J connectivity index is 2.02. The van der Waals surface area contributed by atoms with Crippen LogP contribution in [0.1, 0.15) is 11.1 Å². The number of hydrogen-bond donors (Lipinski definition) is 1. The Hall–Kier alpha value is -1.52. The Morgan fingerprint density at radius 3 is 2.35 bits per heavy atom. The molecule has 0 aromatic heterocycles. The zero-order valence-electron chi connectivity index (χ0n) is 11.7. The first-order valence-corrected chi connectivity index (χ1v) is 7.16. The molecule has 0 unspecified atom stereocenters. The van der Waals surface area contributed by atoms with Crippen LogP contribution in [0.5, 0.6) is 5.75 Å². The van der Waals surface area contributed by atoms with E-state index in [1.54, 1.807) is 14.2 Å². The third-order valence-electron chi connectivity index (χ3n) is 2.98. The second kappa shape index (κ2) is 7.31. The number of anilines is 1. The van der Waals surface area contributed by atoms with Gasteiger partial charge < -0.3 is 14.8 Å². The molecule has 0 saturated heterocycles. The van der Waals surface area contributed by atoms with Crippen LogP contribution in [0.2, 0.25) is 0 Å². The maximum Gasteiger partial charge on any atom is 0.142 e. The van der Waals surface area contributed by atoms with Crippen molar-refractivity contribution >= 4 is 21.6 Å². The lowest BCUT2D eigenvalue weighted by atomic mass is 10.1. The van der Waals surface area contributed by atoms with Crippen molar-refractivity contribution in [2.75, 3.05) is 19.5 Å². The van der Waals surface area contributed by atoms with Gasteiger partial charge in [-0.05, 0) is 29.3 Å². The van der Waals surface area contributed by atoms with E-state index in [0.717, 1.165) is 22.5 Å². The Kier molecular flexibility index (Phi) is 5.44. The normalized spacial score (nSPS) is 10.3. The maximum atomic E-state index is 5.34. The summed E-state index contributed by atoms with van der Waals surface area (Å²) in [6.07, 6.45) is 0. The quantitative estimate of drug-likeness (QED) is 0.857. The van der Waals surface area contributed by atoms with Gasteiger partial charge in [-0.1, -0.05) is 40.2 Å². The number of ether oxygens (including phenoxy) is 2. The molecule has 0 fully saturated rings. The summed E-state index contributed by atoms with van der Waals surface area (Å²) in [5.74, 6) is 0.837. The summed E-state index contributed by atoms with van der Waals surface area (Å²) in [4.78, 5) is 0. The summed E-state index contributed by atoms with van der Waals surface area (Å²) >= 11 is 3.47. The molecule has 0 heterocycles. The van der Waals surface area contributed by atoms with Crippen molar-refractivity contribution in [2.24, 2.45) is 0 Å². The molecule has 3 nitrogen and oxygen atoms in total. The first-order chi connectivity index (χ1) is 9.72. The molecule has 0 aliphatic carbocycles. The number of halogens is 1. The number of methoxy groups -OCH3 is 2. The van der Waals surface area contributed by atoms with E-state index in [1.807, 2.05) is 18.2 Å². The van der Waals surface area contributed by atoms with Crippen molar-refractivity contribution < 1.29 is 9.47 Å². The van der Waals surface area contributed by atoms with Crippen LogP contribution in [0.3, 0.4) is 0 Å². The van der Waals surface area contributed by atoms with Crippen LogP contribution in [0.4, 0.5) is 5.69 Å². The van der Waals surface area contributed by atoms with E-state index in [0.29, 0.717) is 6.61 Å². The highest BCUT2D eigenvalue weighted by Crippen LogP contribution is 2.28. The van der Waals surface area contributed by atoms with Crippen LogP contribution < -0.4 is 10.1 Å². The Morgan fingerprint density at radius 1 is 1.00 bits per heavy atom. The highest BCUT2D eigenvalue weighted by molar-refractivity contribution is 9.10. The van der Waals surface area contributed by atoms with E-state index in [4.69, 9.17) is 9.47 Å². The van der Waals surface area contributed by atoms with Gasteiger partial charge in [0.05, 0.1) is 19.4 Å². The van der Waals surface area contributed by atoms with Gasteiger partial charge >= 0.3 is 0 Å². The number of benzene rings is 2. The fourth-order valence-corrected chi connectivity index (χ4v) is 2.30. The Bertz CT molecular complexity index is 555. The zero-order chi connectivity index (χ0) is 14.4. The molecule has 1 N–H and O–H groups in total. The van der Waals surface area contributed by atoms with Crippen LogP contribution in [0.25, 0.3) is 0 Å². The van der Waals surface area contributed by atoms with Gasteiger partial charge in [0.1, 0.15) is 5.75 Å². The predicted octanol–water partition coefficient (Wildman–Crippen LogP) is 4.22. The molecule has 2 rings (SSSR count). The third kappa shape index (κ3) is 3.99. The van der Waals surface area contributed by atoms with Crippen LogP contribution in [0.15, 0.2) is 46.9 Å². The maximum absolute atomic E-state index is 5.34. The molecule has 0 aliphatic rings. The van der Waals surface area contributed by atoms with E-state index in [1.165, 1.54) is 11.1 Å². The molecule has 4 heteroatoms. The predicted molar refractivity (Wildman–Crippen MR) is 85.2 cm³/mol. The molecule has 20 heavy (non-hydrogen) atoms. The molecule has 106 valence electrons. The minimum Gasteiger partial charge on any atom is -0.495 e. The molecule has 0 spiro atoms. The minimum atomic E-state index is 0.646. The van der Waals surface area contributed by atoms with Gasteiger partial charge in [0.25, 0.3) is 0 Å². The fraction of sp³-hybridized carbons (Fsp3) is 0.250. The Morgan fingerprint density at radius 2 is 1.70 bits per heavy atom. The number of hydrogen-bond acceptors (Lipinski definition) is 3. The molecule has 0 bridgehead atoms. The molecule has 0 saturated carbocycles. The van der Waals surface area contributed by atoms with Crippen molar-refractivity contribution in [2.45, 2.75) is 13.2 Å². The molecule has 0 aliphatic heterocycles. The van der Waals surface area contributed by atoms with Gasteiger partial charge in [-0.2, -0.15) is 0 Å². The highest BCUT2D eigenvalue weighted by atomic mass is 79.9. The van der Waals surface area contributed by atoms with Crippen molar-refractivity contribution in [3.05, 3.63) is 58.1 Å². The van der Waals surface area contributed by atoms with Crippen molar-refractivity contribution in [1.82, 2.24) is 0 Å². The first-order valence-electron chi connectivity index (χ1n) is 6.37. The van der Waals surface area contributed by atoms with Gasteiger partial charge in [0.2, 0.25) is 0 Å². The molecule has 2 aromatic rings. The fourth-order valence-electron chi connectivity index (χ4n) is 1.94. The van der Waals surface area contributed by atoms with Crippen LogP contribution in [0, 0.1) is 0 Å². The van der Waals surface area contributed by atoms with E-state index in [2.05, 4.69) is 45.5 Å². The largest absolute Gasteiger partial charge is 0.495 e. The molecular weight excluding hydrogens is 318 g/mol. The zero-order valence-corrected chi connectivity index (χ0v) is 13.2. The summed E-state index contributed by atoms with van der Waals surface area (Å²) in [5.41, 5.74) is 3.37. The summed E-state index contributed by atoms with van der Waals surface area (Å²) in [7, 11) is 3.38. The summed E-state index contributed by atoms with van der Waals surface area (Å²) in [6.45, 7) is 1.40. The summed E-state index contributed by atoms with van der Waals surface area (Å²) in [6, 6.07) is 14.3. The van der Waals surface area contributed by atoms with E-state index >= 15 is 0 Å². The first kappa shape index (κ1) is 14.9. The van der Waals surface area contributed by atoms with E-state index in [9.17, 15) is 0 Å². The van der Waals surface area contributed by atoms with E-state index < -0.39 is 0 Å². The summed E-state index contributed by atoms with van der Waals surface area (Å²) in [5, 5.41) is 3.39. The average Bonchev–Trinajstić information content (AvgIpc) is 2.47. The smallest absolute Gasteiger partial charge is 0.142 e. The second-order valence-electron chi connectivity index (χ2n) is 4.45. The minimum absolute atomic E-state index is 0.646. The number of nitrogens with one attached hydrogen (secondary N) is 1. The van der Waals surface area contributed by atoms with Crippen molar-refractivity contribution in [1.29, 1.82) is 0 Å². The molecule has 0 atom stereocenters. The van der Waals surface area contributed by atoms with Gasteiger partial charge in [0.15, 0.2) is 0 Å².